The Labute approximate surface area is 150 Å². The van der Waals surface area contributed by atoms with Gasteiger partial charge in [0.25, 0.3) is 5.91 Å². The van der Waals surface area contributed by atoms with Crippen molar-refractivity contribution in [1.29, 1.82) is 0 Å². The van der Waals surface area contributed by atoms with Gasteiger partial charge in [-0.05, 0) is 32.9 Å². The van der Waals surface area contributed by atoms with E-state index in [9.17, 15) is 9.59 Å². The third-order valence-electron chi connectivity index (χ3n) is 3.85. The molecule has 0 fully saturated rings. The Kier molecular flexibility index (Phi) is 4.92. The molecule has 0 saturated heterocycles. The molecule has 1 aromatic carbocycles. The summed E-state index contributed by atoms with van der Waals surface area (Å²) < 4.78 is 1.62. The van der Waals surface area contributed by atoms with Gasteiger partial charge in [-0.25, -0.2) is 4.68 Å². The number of aromatic nitrogens is 4. The van der Waals surface area contributed by atoms with E-state index in [1.165, 1.54) is 0 Å². The number of pyridine rings is 1. The predicted octanol–water partition coefficient (Wildman–Crippen LogP) is 1.38. The molecule has 0 aliphatic carbocycles. The fraction of sp³-hybridized carbons (Fsp3) is 0.278. The highest BCUT2D eigenvalue weighted by molar-refractivity contribution is 5.96. The van der Waals surface area contributed by atoms with Crippen LogP contribution in [-0.4, -0.2) is 44.4 Å². The van der Waals surface area contributed by atoms with E-state index in [1.807, 2.05) is 38.1 Å². The molecule has 2 amide bonds. The normalized spacial score (nSPS) is 10.9. The lowest BCUT2D eigenvalue weighted by Crippen LogP contribution is -2.40. The lowest BCUT2D eigenvalue weighted by atomic mass is 10.1. The zero-order chi connectivity index (χ0) is 18.7. The van der Waals surface area contributed by atoms with E-state index in [0.29, 0.717) is 5.69 Å². The molecule has 0 atom stereocenters. The fourth-order valence-electron chi connectivity index (χ4n) is 2.68. The minimum Gasteiger partial charge on any atom is -0.352 e. The second-order valence-electron chi connectivity index (χ2n) is 6.21. The summed E-state index contributed by atoms with van der Waals surface area (Å²) in [5, 5.41) is 15.3. The highest BCUT2D eigenvalue weighted by Gasteiger charge is 2.19. The molecule has 2 aromatic heterocycles. The third-order valence-corrected chi connectivity index (χ3v) is 3.85. The second-order valence-corrected chi connectivity index (χ2v) is 6.21. The van der Waals surface area contributed by atoms with Gasteiger partial charge in [0, 0.05) is 29.2 Å². The summed E-state index contributed by atoms with van der Waals surface area (Å²) in [6.07, 6.45) is 3.48. The van der Waals surface area contributed by atoms with Gasteiger partial charge in [-0.3, -0.25) is 14.6 Å². The molecule has 8 heteroatoms. The monoisotopic (exact) mass is 352 g/mol. The maximum Gasteiger partial charge on any atom is 0.274 e. The van der Waals surface area contributed by atoms with Gasteiger partial charge in [0.2, 0.25) is 5.91 Å². The second kappa shape index (κ2) is 7.30. The van der Waals surface area contributed by atoms with Crippen LogP contribution in [0.15, 0.2) is 36.7 Å². The SMILES string of the molecule is Cc1c(C(=O)NCC(=O)NC(C)C)nnn1-c1cccc2cnccc12. The van der Waals surface area contributed by atoms with Crippen molar-refractivity contribution >= 4 is 22.6 Å². The number of hydrogen-bond acceptors (Lipinski definition) is 5. The molecule has 0 spiro atoms. The van der Waals surface area contributed by atoms with E-state index in [-0.39, 0.29) is 24.2 Å². The minimum absolute atomic E-state index is 0.0165. The van der Waals surface area contributed by atoms with Gasteiger partial charge in [-0.1, -0.05) is 17.3 Å². The summed E-state index contributed by atoms with van der Waals surface area (Å²) >= 11 is 0. The zero-order valence-electron chi connectivity index (χ0n) is 14.9. The summed E-state index contributed by atoms with van der Waals surface area (Å²) in [5.41, 5.74) is 1.59. The van der Waals surface area contributed by atoms with Gasteiger partial charge in [0.15, 0.2) is 5.69 Å². The fourth-order valence-corrected chi connectivity index (χ4v) is 2.68. The molecule has 26 heavy (non-hydrogen) atoms. The van der Waals surface area contributed by atoms with Crippen LogP contribution in [0, 0.1) is 6.92 Å². The van der Waals surface area contributed by atoms with Gasteiger partial charge in [0.05, 0.1) is 17.9 Å². The van der Waals surface area contributed by atoms with Crippen LogP contribution in [0.4, 0.5) is 0 Å². The summed E-state index contributed by atoms with van der Waals surface area (Å²) in [7, 11) is 0. The molecule has 0 radical (unpaired) electrons. The first kappa shape index (κ1) is 17.5. The van der Waals surface area contributed by atoms with Gasteiger partial charge >= 0.3 is 0 Å². The Hall–Kier alpha value is -3.29. The highest BCUT2D eigenvalue weighted by atomic mass is 16.2. The number of fused-ring (bicyclic) bond motifs is 1. The largest absolute Gasteiger partial charge is 0.352 e. The number of hydrogen-bond donors (Lipinski definition) is 2. The van der Waals surface area contributed by atoms with E-state index >= 15 is 0 Å². The Morgan fingerprint density at radius 2 is 2.04 bits per heavy atom. The summed E-state index contributed by atoms with van der Waals surface area (Å²) in [6.45, 7) is 5.37. The smallest absolute Gasteiger partial charge is 0.274 e. The van der Waals surface area contributed by atoms with E-state index in [2.05, 4.69) is 25.9 Å². The van der Waals surface area contributed by atoms with Crippen LogP contribution in [-0.2, 0) is 4.79 Å². The molecule has 3 rings (SSSR count). The van der Waals surface area contributed by atoms with Gasteiger partial charge in [-0.15, -0.1) is 5.10 Å². The first-order chi connectivity index (χ1) is 12.5. The van der Waals surface area contributed by atoms with Crippen LogP contribution >= 0.6 is 0 Å². The number of carbonyl (C=O) groups is 2. The Bertz CT molecular complexity index is 958. The molecular weight excluding hydrogens is 332 g/mol. The van der Waals surface area contributed by atoms with Crippen LogP contribution in [0.2, 0.25) is 0 Å². The molecule has 2 N–H and O–H groups in total. The van der Waals surface area contributed by atoms with E-state index in [4.69, 9.17) is 0 Å². The van der Waals surface area contributed by atoms with E-state index in [0.717, 1.165) is 16.5 Å². The molecule has 8 nitrogen and oxygen atoms in total. The highest BCUT2D eigenvalue weighted by Crippen LogP contribution is 2.22. The first-order valence-electron chi connectivity index (χ1n) is 8.30. The van der Waals surface area contributed by atoms with Gasteiger partial charge in [-0.2, -0.15) is 0 Å². The molecule has 2 heterocycles. The predicted molar refractivity (Wildman–Crippen MR) is 97.0 cm³/mol. The molecule has 0 aliphatic heterocycles. The standard InChI is InChI=1S/C18H20N6O2/c1-11(2)21-16(25)10-20-18(26)17-12(3)24(23-22-17)15-6-4-5-13-9-19-8-7-14(13)15/h4-9,11H,10H2,1-3H3,(H,20,26)(H,21,25). The summed E-state index contributed by atoms with van der Waals surface area (Å²) in [4.78, 5) is 28.1. The minimum atomic E-state index is -0.436. The van der Waals surface area contributed by atoms with Crippen molar-refractivity contribution in [1.82, 2.24) is 30.6 Å². The number of rotatable bonds is 5. The summed E-state index contributed by atoms with van der Waals surface area (Å²) in [6, 6.07) is 7.67. The molecule has 0 saturated carbocycles. The number of benzene rings is 1. The number of carbonyl (C=O) groups excluding carboxylic acids is 2. The quantitative estimate of drug-likeness (QED) is 0.722. The third kappa shape index (κ3) is 3.53. The van der Waals surface area contributed by atoms with E-state index < -0.39 is 5.91 Å². The lowest BCUT2D eigenvalue weighted by Gasteiger charge is -2.09. The topological polar surface area (TPSA) is 102 Å². The van der Waals surface area contributed by atoms with Crippen LogP contribution in [0.25, 0.3) is 16.5 Å². The number of nitrogens with zero attached hydrogens (tertiary/aromatic N) is 4. The first-order valence-corrected chi connectivity index (χ1v) is 8.30. The average Bonchev–Trinajstić information content (AvgIpc) is 3.00. The van der Waals surface area contributed by atoms with Gasteiger partial charge < -0.3 is 10.6 Å². The summed E-state index contributed by atoms with van der Waals surface area (Å²) in [5.74, 6) is -0.686. The zero-order valence-corrected chi connectivity index (χ0v) is 14.9. The van der Waals surface area contributed by atoms with Crippen molar-refractivity contribution < 1.29 is 9.59 Å². The van der Waals surface area contributed by atoms with Crippen molar-refractivity contribution in [3.63, 3.8) is 0 Å². The molecule has 134 valence electrons. The van der Waals surface area contributed by atoms with Crippen LogP contribution < -0.4 is 10.6 Å². The van der Waals surface area contributed by atoms with Crippen LogP contribution in [0.1, 0.15) is 30.0 Å². The number of nitrogens with one attached hydrogen (secondary N) is 2. The Balaban J connectivity index is 1.84. The lowest BCUT2D eigenvalue weighted by molar-refractivity contribution is -0.120. The van der Waals surface area contributed by atoms with Crippen molar-refractivity contribution in [2.75, 3.05) is 6.54 Å². The Morgan fingerprint density at radius 1 is 1.23 bits per heavy atom. The van der Waals surface area contributed by atoms with Crippen molar-refractivity contribution in [2.45, 2.75) is 26.8 Å². The van der Waals surface area contributed by atoms with Crippen LogP contribution in [0.5, 0.6) is 0 Å². The number of amides is 2. The molecule has 3 aromatic rings. The molecular formula is C18H20N6O2. The average molecular weight is 352 g/mol. The maximum atomic E-state index is 12.3. The van der Waals surface area contributed by atoms with Crippen molar-refractivity contribution in [3.8, 4) is 5.69 Å². The molecule has 0 aliphatic rings. The van der Waals surface area contributed by atoms with E-state index in [1.54, 1.807) is 24.0 Å². The van der Waals surface area contributed by atoms with Crippen LogP contribution in [0.3, 0.4) is 0 Å². The maximum absolute atomic E-state index is 12.3. The van der Waals surface area contributed by atoms with Crippen molar-refractivity contribution in [2.24, 2.45) is 0 Å². The van der Waals surface area contributed by atoms with Crippen molar-refractivity contribution in [3.05, 3.63) is 48.0 Å². The molecule has 0 bridgehead atoms. The van der Waals surface area contributed by atoms with Gasteiger partial charge in [0.1, 0.15) is 0 Å². The Morgan fingerprint density at radius 3 is 2.81 bits per heavy atom. The molecule has 0 unspecified atom stereocenters.